The van der Waals surface area contributed by atoms with E-state index in [-0.39, 0.29) is 17.2 Å². The molecule has 0 radical (unpaired) electrons. The van der Waals surface area contributed by atoms with Gasteiger partial charge >= 0.3 is 5.63 Å². The molecule has 4 rings (SSSR count). The Morgan fingerprint density at radius 3 is 2.52 bits per heavy atom. The monoisotopic (exact) mass is 366 g/mol. The second-order valence-electron chi connectivity index (χ2n) is 7.66. The van der Waals surface area contributed by atoms with E-state index < -0.39 is 5.41 Å². The van der Waals surface area contributed by atoms with E-state index >= 15 is 0 Å². The van der Waals surface area contributed by atoms with Crippen LogP contribution in [0.2, 0.25) is 0 Å². The second-order valence-corrected chi connectivity index (χ2v) is 7.66. The molecule has 3 nitrogen and oxygen atoms in total. The molecule has 0 spiro atoms. The molecule has 1 N–H and O–H groups in total. The van der Waals surface area contributed by atoms with E-state index in [1.807, 2.05) is 6.07 Å². The van der Waals surface area contributed by atoms with Gasteiger partial charge in [-0.05, 0) is 66.6 Å². The van der Waals surface area contributed by atoms with Crippen LogP contribution in [0.3, 0.4) is 0 Å². The van der Waals surface area contributed by atoms with Crippen molar-refractivity contribution >= 4 is 11.0 Å². The minimum absolute atomic E-state index is 0.147. The van der Waals surface area contributed by atoms with Gasteiger partial charge in [-0.15, -0.1) is 0 Å². The number of phenols is 1. The number of hydrogen-bond donors (Lipinski definition) is 1. The molecule has 1 atom stereocenters. The van der Waals surface area contributed by atoms with E-state index in [0.717, 1.165) is 42.4 Å². The van der Waals surface area contributed by atoms with Crippen molar-refractivity contribution in [1.29, 1.82) is 0 Å². The summed E-state index contributed by atoms with van der Waals surface area (Å²) in [5.74, 6) is -0.130. The molecule has 1 aliphatic rings. The largest absolute Gasteiger partial charge is 0.507 e. The van der Waals surface area contributed by atoms with E-state index in [1.54, 1.807) is 18.2 Å². The maximum Gasteiger partial charge on any atom is 0.339 e. The van der Waals surface area contributed by atoms with Crippen molar-refractivity contribution in [2.24, 2.45) is 0 Å². The molecule has 27 heavy (non-hydrogen) atoms. The second kappa shape index (κ2) is 6.52. The minimum atomic E-state index is -0.425. The van der Waals surface area contributed by atoms with Gasteiger partial charge in [0, 0.05) is 11.0 Å². The Labute approximate surface area is 157 Å². The van der Waals surface area contributed by atoms with Crippen LogP contribution in [0.4, 0.5) is 4.39 Å². The van der Waals surface area contributed by atoms with Crippen LogP contribution in [-0.4, -0.2) is 5.11 Å². The first-order valence-corrected chi connectivity index (χ1v) is 9.52. The molecule has 0 fully saturated rings. The molecule has 0 saturated heterocycles. The van der Waals surface area contributed by atoms with Crippen molar-refractivity contribution in [2.75, 3.05) is 0 Å². The average Bonchev–Trinajstić information content (AvgIpc) is 3.12. The Bertz CT molecular complexity index is 1070. The summed E-state index contributed by atoms with van der Waals surface area (Å²) in [4.78, 5) is 12.3. The van der Waals surface area contributed by atoms with Crippen LogP contribution in [0, 0.1) is 5.82 Å². The average molecular weight is 366 g/mol. The lowest BCUT2D eigenvalue weighted by Gasteiger charge is -2.31. The molecule has 140 valence electrons. The number of rotatable bonds is 4. The van der Waals surface area contributed by atoms with Gasteiger partial charge in [-0.1, -0.05) is 32.4 Å². The van der Waals surface area contributed by atoms with Crippen LogP contribution in [0.5, 0.6) is 5.75 Å². The summed E-state index contributed by atoms with van der Waals surface area (Å²) >= 11 is 0. The number of hydrogen-bond acceptors (Lipinski definition) is 3. The first-order valence-electron chi connectivity index (χ1n) is 9.52. The summed E-state index contributed by atoms with van der Waals surface area (Å²) in [6.45, 7) is 4.17. The summed E-state index contributed by atoms with van der Waals surface area (Å²) in [6.07, 6.45) is 4.13. The molecule has 1 unspecified atom stereocenters. The molecule has 0 amide bonds. The smallest absolute Gasteiger partial charge is 0.339 e. The van der Waals surface area contributed by atoms with Crippen molar-refractivity contribution in [3.63, 3.8) is 0 Å². The first-order chi connectivity index (χ1) is 12.9. The van der Waals surface area contributed by atoms with Crippen LogP contribution < -0.4 is 5.63 Å². The molecule has 0 bridgehead atoms. The Morgan fingerprint density at radius 2 is 1.81 bits per heavy atom. The molecular weight excluding hydrogens is 343 g/mol. The standard InChI is InChI=1S/C23H23FO3/c1-3-11-23(2,14-7-9-16(24)10-8-14)15-12-19(25)21-17-5-4-6-18(17)22(26)27-20(21)13-15/h7-10,12-13,25H,3-6,11H2,1-2H3. The van der Waals surface area contributed by atoms with E-state index in [4.69, 9.17) is 4.42 Å². The zero-order valence-corrected chi connectivity index (χ0v) is 15.6. The Morgan fingerprint density at radius 1 is 1.11 bits per heavy atom. The van der Waals surface area contributed by atoms with Gasteiger partial charge in [0.1, 0.15) is 17.1 Å². The third-order valence-corrected chi connectivity index (χ3v) is 5.92. The van der Waals surface area contributed by atoms with Crippen LogP contribution in [0.15, 0.2) is 45.6 Å². The van der Waals surface area contributed by atoms with Crippen LogP contribution in [0.25, 0.3) is 11.0 Å². The highest BCUT2D eigenvalue weighted by Crippen LogP contribution is 2.42. The van der Waals surface area contributed by atoms with Gasteiger partial charge in [0.2, 0.25) is 0 Å². The summed E-state index contributed by atoms with van der Waals surface area (Å²) in [5, 5.41) is 11.5. The number of benzene rings is 2. The zero-order valence-electron chi connectivity index (χ0n) is 15.6. The SMILES string of the molecule is CCCC(C)(c1ccc(F)cc1)c1cc(O)c2c3c(c(=O)oc2c1)CCC3. The van der Waals surface area contributed by atoms with Crippen LogP contribution in [0.1, 0.15) is 55.4 Å². The molecule has 4 heteroatoms. The lowest BCUT2D eigenvalue weighted by molar-refractivity contribution is 0.467. The molecular formula is C23H23FO3. The molecule has 1 heterocycles. The van der Waals surface area contributed by atoms with Crippen molar-refractivity contribution in [1.82, 2.24) is 0 Å². The summed E-state index contributed by atoms with van der Waals surface area (Å²) in [6, 6.07) is 10.1. The number of fused-ring (bicyclic) bond motifs is 3. The van der Waals surface area contributed by atoms with Gasteiger partial charge in [0.15, 0.2) is 0 Å². The Hall–Kier alpha value is -2.62. The summed E-state index contributed by atoms with van der Waals surface area (Å²) in [7, 11) is 0. The van der Waals surface area contributed by atoms with Gasteiger partial charge in [-0.3, -0.25) is 0 Å². The lowest BCUT2D eigenvalue weighted by atomic mass is 9.73. The number of aryl methyl sites for hydroxylation is 1. The highest BCUT2D eigenvalue weighted by molar-refractivity contribution is 5.89. The van der Waals surface area contributed by atoms with Gasteiger partial charge in [0.25, 0.3) is 0 Å². The summed E-state index contributed by atoms with van der Waals surface area (Å²) in [5.41, 5.74) is 3.15. The third-order valence-electron chi connectivity index (χ3n) is 5.92. The number of aromatic hydroxyl groups is 1. The van der Waals surface area contributed by atoms with Crippen LogP contribution in [-0.2, 0) is 18.3 Å². The van der Waals surface area contributed by atoms with Gasteiger partial charge in [-0.2, -0.15) is 0 Å². The van der Waals surface area contributed by atoms with Crippen molar-refractivity contribution < 1.29 is 13.9 Å². The molecule has 1 aliphatic carbocycles. The van der Waals surface area contributed by atoms with Gasteiger partial charge in [-0.25, -0.2) is 9.18 Å². The molecule has 2 aromatic carbocycles. The maximum atomic E-state index is 13.4. The van der Waals surface area contributed by atoms with Crippen LogP contribution >= 0.6 is 0 Å². The Balaban J connectivity index is 1.95. The predicted molar refractivity (Wildman–Crippen MR) is 104 cm³/mol. The normalized spacial score (nSPS) is 15.7. The van der Waals surface area contributed by atoms with Crippen molar-refractivity contribution in [3.8, 4) is 5.75 Å². The molecule has 0 aliphatic heterocycles. The van der Waals surface area contributed by atoms with Gasteiger partial charge in [0.05, 0.1) is 5.39 Å². The topological polar surface area (TPSA) is 50.4 Å². The highest BCUT2D eigenvalue weighted by atomic mass is 19.1. The summed E-state index contributed by atoms with van der Waals surface area (Å²) < 4.78 is 19.0. The molecule has 0 saturated carbocycles. The van der Waals surface area contributed by atoms with Crippen molar-refractivity contribution in [2.45, 2.75) is 51.4 Å². The molecule has 1 aromatic heterocycles. The maximum absolute atomic E-state index is 13.4. The highest BCUT2D eigenvalue weighted by Gasteiger charge is 2.31. The van der Waals surface area contributed by atoms with E-state index in [2.05, 4.69) is 13.8 Å². The third kappa shape index (κ3) is 2.84. The fraction of sp³-hybridized carbons (Fsp3) is 0.348. The van der Waals surface area contributed by atoms with Crippen molar-refractivity contribution in [3.05, 3.63) is 74.9 Å². The zero-order chi connectivity index (χ0) is 19.2. The predicted octanol–water partition coefficient (Wildman–Crippen LogP) is 5.23. The lowest BCUT2D eigenvalue weighted by Crippen LogP contribution is -2.23. The number of phenolic OH excluding ortho intramolecular Hbond substituents is 1. The number of halogens is 1. The van der Waals surface area contributed by atoms with E-state index in [1.165, 1.54) is 12.1 Å². The molecule has 3 aromatic rings. The fourth-order valence-corrected chi connectivity index (χ4v) is 4.48. The van der Waals surface area contributed by atoms with Gasteiger partial charge < -0.3 is 9.52 Å². The quantitative estimate of drug-likeness (QED) is 0.643. The van der Waals surface area contributed by atoms with E-state index in [9.17, 15) is 14.3 Å². The fourth-order valence-electron chi connectivity index (χ4n) is 4.48. The Kier molecular flexibility index (Phi) is 4.29. The van der Waals surface area contributed by atoms with E-state index in [0.29, 0.717) is 23.0 Å². The first kappa shape index (κ1) is 17.8. The minimum Gasteiger partial charge on any atom is -0.507 e.